The van der Waals surface area contributed by atoms with E-state index in [1.165, 1.54) is 0 Å². The molecule has 2 aromatic rings. The normalized spacial score (nSPS) is 10.7. The average molecular weight is 395 g/mol. The molecule has 3 N–H and O–H groups in total. The zero-order chi connectivity index (χ0) is 19.4. The number of nitrogens with one attached hydrogen (secondary N) is 1. The average Bonchev–Trinajstić information content (AvgIpc) is 2.85. The van der Waals surface area contributed by atoms with E-state index >= 15 is 0 Å². The summed E-state index contributed by atoms with van der Waals surface area (Å²) in [6, 6.07) is 6.98. The Balaban J connectivity index is 2.31. The van der Waals surface area contributed by atoms with Crippen LogP contribution in [-0.2, 0) is 16.0 Å². The predicted molar refractivity (Wildman–Crippen MR) is 102 cm³/mol. The molecule has 2 rings (SSSR count). The van der Waals surface area contributed by atoms with Crippen molar-refractivity contribution in [3.63, 3.8) is 0 Å². The number of halogens is 1. The monoisotopic (exact) mass is 394 g/mol. The number of rotatable bonds is 6. The molecule has 1 aromatic heterocycles. The Labute approximate surface area is 160 Å². The zero-order valence-corrected chi connectivity index (χ0v) is 16.2. The lowest BCUT2D eigenvalue weighted by atomic mass is 10.1. The molecule has 0 spiro atoms. The Morgan fingerprint density at radius 1 is 1.27 bits per heavy atom. The third-order valence-corrected chi connectivity index (χ3v) is 5.07. The third-order valence-electron chi connectivity index (χ3n) is 3.48. The second-order valence-corrected chi connectivity index (χ2v) is 7.32. The molecule has 0 aliphatic rings. The SMILES string of the molecule is Cc1c(C(N)=O)sc(NC(=O)Cc2ccccc2Cl)c1C(=O)OC(C)C. The van der Waals surface area contributed by atoms with Crippen molar-refractivity contribution in [1.29, 1.82) is 0 Å². The molecule has 0 saturated carbocycles. The lowest BCUT2D eigenvalue weighted by molar-refractivity contribution is -0.115. The first-order valence-electron chi connectivity index (χ1n) is 7.88. The topological polar surface area (TPSA) is 98.5 Å². The number of benzene rings is 1. The van der Waals surface area contributed by atoms with Crippen LogP contribution in [0.5, 0.6) is 0 Å². The van der Waals surface area contributed by atoms with Crippen molar-refractivity contribution in [2.24, 2.45) is 5.73 Å². The van der Waals surface area contributed by atoms with E-state index < -0.39 is 11.9 Å². The van der Waals surface area contributed by atoms with Crippen molar-refractivity contribution in [2.45, 2.75) is 33.3 Å². The quantitative estimate of drug-likeness (QED) is 0.732. The highest BCUT2D eigenvalue weighted by Gasteiger charge is 2.26. The van der Waals surface area contributed by atoms with Gasteiger partial charge in [0.05, 0.1) is 23.0 Å². The van der Waals surface area contributed by atoms with Crippen LogP contribution in [0.25, 0.3) is 0 Å². The summed E-state index contributed by atoms with van der Waals surface area (Å²) >= 11 is 7.02. The maximum Gasteiger partial charge on any atom is 0.341 e. The second-order valence-electron chi connectivity index (χ2n) is 5.89. The van der Waals surface area contributed by atoms with Crippen LogP contribution in [0.2, 0.25) is 5.02 Å². The molecule has 1 aromatic carbocycles. The van der Waals surface area contributed by atoms with Crippen molar-refractivity contribution in [3.8, 4) is 0 Å². The highest BCUT2D eigenvalue weighted by molar-refractivity contribution is 7.18. The summed E-state index contributed by atoms with van der Waals surface area (Å²) in [6.07, 6.45) is -0.313. The number of carbonyl (C=O) groups excluding carboxylic acids is 3. The van der Waals surface area contributed by atoms with E-state index in [4.69, 9.17) is 22.1 Å². The van der Waals surface area contributed by atoms with Crippen LogP contribution < -0.4 is 11.1 Å². The van der Waals surface area contributed by atoms with Gasteiger partial charge in [-0.05, 0) is 38.0 Å². The number of hydrogen-bond acceptors (Lipinski definition) is 5. The summed E-state index contributed by atoms with van der Waals surface area (Å²) in [5, 5.41) is 3.38. The van der Waals surface area contributed by atoms with Gasteiger partial charge in [0.1, 0.15) is 5.00 Å². The van der Waals surface area contributed by atoms with Gasteiger partial charge in [-0.2, -0.15) is 0 Å². The number of primary amides is 1. The molecule has 6 nitrogen and oxygen atoms in total. The Morgan fingerprint density at radius 2 is 1.92 bits per heavy atom. The lowest BCUT2D eigenvalue weighted by Crippen LogP contribution is -2.18. The van der Waals surface area contributed by atoms with Crippen LogP contribution in [-0.4, -0.2) is 23.9 Å². The van der Waals surface area contributed by atoms with Crippen molar-refractivity contribution in [2.75, 3.05) is 5.32 Å². The molecule has 0 radical (unpaired) electrons. The fraction of sp³-hybridized carbons (Fsp3) is 0.278. The minimum Gasteiger partial charge on any atom is -0.459 e. The second kappa shape index (κ2) is 8.33. The number of nitrogens with two attached hydrogens (primary N) is 1. The fourth-order valence-corrected chi connectivity index (χ4v) is 3.61. The molecule has 26 heavy (non-hydrogen) atoms. The van der Waals surface area contributed by atoms with E-state index in [2.05, 4.69) is 5.32 Å². The molecule has 138 valence electrons. The molecule has 0 aliphatic carbocycles. The highest BCUT2D eigenvalue weighted by atomic mass is 35.5. The molecule has 0 unspecified atom stereocenters. The minimum absolute atomic E-state index is 0.0290. The van der Waals surface area contributed by atoms with Gasteiger partial charge in [0.25, 0.3) is 5.91 Å². The van der Waals surface area contributed by atoms with Gasteiger partial charge in [-0.15, -0.1) is 11.3 Å². The first-order valence-corrected chi connectivity index (χ1v) is 9.07. The van der Waals surface area contributed by atoms with E-state index in [9.17, 15) is 14.4 Å². The van der Waals surface area contributed by atoms with Crippen molar-refractivity contribution < 1.29 is 19.1 Å². The summed E-state index contributed by atoms with van der Waals surface area (Å²) in [7, 11) is 0. The standard InChI is InChI=1S/C18H19ClN2O4S/c1-9(2)25-18(24)14-10(3)15(16(20)23)26-17(14)21-13(22)8-11-6-4-5-7-12(11)19/h4-7,9H,8H2,1-3H3,(H2,20,23)(H,21,22). The predicted octanol–water partition coefficient (Wildman–Crippen LogP) is 3.56. The maximum absolute atomic E-state index is 12.4. The number of thiophene rings is 1. The molecule has 0 saturated heterocycles. The molecule has 0 atom stereocenters. The smallest absolute Gasteiger partial charge is 0.341 e. The Morgan fingerprint density at radius 3 is 2.50 bits per heavy atom. The molecule has 0 bridgehead atoms. The Hall–Kier alpha value is -2.38. The van der Waals surface area contributed by atoms with Crippen LogP contribution in [0.3, 0.4) is 0 Å². The molecular weight excluding hydrogens is 376 g/mol. The van der Waals surface area contributed by atoms with Crippen LogP contribution in [0.15, 0.2) is 24.3 Å². The van der Waals surface area contributed by atoms with Gasteiger partial charge >= 0.3 is 5.97 Å². The zero-order valence-electron chi connectivity index (χ0n) is 14.6. The summed E-state index contributed by atoms with van der Waals surface area (Å²) in [4.78, 5) is 36.6. The molecule has 8 heteroatoms. The number of anilines is 1. The van der Waals surface area contributed by atoms with Gasteiger partial charge in [0, 0.05) is 5.02 Å². The Bertz CT molecular complexity index is 861. The van der Waals surface area contributed by atoms with Crippen molar-refractivity contribution in [3.05, 3.63) is 50.9 Å². The largest absolute Gasteiger partial charge is 0.459 e. The Kier molecular flexibility index (Phi) is 6.39. The van der Waals surface area contributed by atoms with E-state index in [0.717, 1.165) is 11.3 Å². The lowest BCUT2D eigenvalue weighted by Gasteiger charge is -2.10. The molecule has 1 heterocycles. The van der Waals surface area contributed by atoms with Crippen molar-refractivity contribution in [1.82, 2.24) is 0 Å². The number of ether oxygens (including phenoxy) is 1. The summed E-state index contributed by atoms with van der Waals surface area (Å²) in [6.45, 7) is 5.02. The van der Waals surface area contributed by atoms with Crippen LogP contribution in [0.1, 0.15) is 45.0 Å². The van der Waals surface area contributed by atoms with Crippen LogP contribution >= 0.6 is 22.9 Å². The third kappa shape index (κ3) is 4.62. The first-order chi connectivity index (χ1) is 12.2. The van der Waals surface area contributed by atoms with Gasteiger partial charge in [-0.25, -0.2) is 4.79 Å². The first kappa shape index (κ1) is 19.9. The van der Waals surface area contributed by atoms with E-state index in [1.54, 1.807) is 45.0 Å². The van der Waals surface area contributed by atoms with E-state index in [1.807, 2.05) is 0 Å². The van der Waals surface area contributed by atoms with Gasteiger partial charge in [0.15, 0.2) is 0 Å². The summed E-state index contributed by atoms with van der Waals surface area (Å²) in [5.74, 6) is -1.65. The van der Waals surface area contributed by atoms with Crippen LogP contribution in [0.4, 0.5) is 5.00 Å². The fourth-order valence-electron chi connectivity index (χ4n) is 2.34. The molecule has 0 fully saturated rings. The molecule has 2 amide bonds. The van der Waals surface area contributed by atoms with Crippen LogP contribution in [0, 0.1) is 6.92 Å². The van der Waals surface area contributed by atoms with Crippen molar-refractivity contribution >= 4 is 45.7 Å². The van der Waals surface area contributed by atoms with Gasteiger partial charge in [-0.1, -0.05) is 29.8 Å². The number of hydrogen-bond donors (Lipinski definition) is 2. The highest BCUT2D eigenvalue weighted by Crippen LogP contribution is 2.34. The molecule has 0 aliphatic heterocycles. The van der Waals surface area contributed by atoms with E-state index in [-0.39, 0.29) is 33.9 Å². The van der Waals surface area contributed by atoms with Gasteiger partial charge in [0.2, 0.25) is 5.91 Å². The number of carbonyl (C=O) groups is 3. The maximum atomic E-state index is 12.4. The summed E-state index contributed by atoms with van der Waals surface area (Å²) in [5.41, 5.74) is 6.55. The number of amides is 2. The minimum atomic E-state index is -0.669. The van der Waals surface area contributed by atoms with E-state index in [0.29, 0.717) is 16.1 Å². The van der Waals surface area contributed by atoms with Gasteiger partial charge in [-0.3, -0.25) is 9.59 Å². The molecular formula is C18H19ClN2O4S. The van der Waals surface area contributed by atoms with Gasteiger partial charge < -0.3 is 15.8 Å². The summed E-state index contributed by atoms with van der Waals surface area (Å²) < 4.78 is 5.21. The number of esters is 1.